The maximum absolute atomic E-state index is 12.7. The molecule has 156 valence electrons. The minimum Gasteiger partial charge on any atom is -0.435 e. The van der Waals surface area contributed by atoms with Crippen molar-refractivity contribution in [3.05, 3.63) is 82.9 Å². The smallest absolute Gasteiger partial charge is 0.245 e. The summed E-state index contributed by atoms with van der Waals surface area (Å²) >= 11 is 3.44. The van der Waals surface area contributed by atoms with Gasteiger partial charge in [0.2, 0.25) is 5.89 Å². The highest BCUT2D eigenvalue weighted by Gasteiger charge is 2.30. The zero-order valence-electron chi connectivity index (χ0n) is 16.8. The molecule has 3 heterocycles. The maximum Gasteiger partial charge on any atom is 0.245 e. The number of ketones is 1. The van der Waals surface area contributed by atoms with Crippen molar-refractivity contribution in [3.63, 3.8) is 0 Å². The summed E-state index contributed by atoms with van der Waals surface area (Å²) in [5, 5.41) is 0. The zero-order chi connectivity index (χ0) is 21.2. The summed E-state index contributed by atoms with van der Waals surface area (Å²) in [5.41, 5.74) is 2.44. The lowest BCUT2D eigenvalue weighted by atomic mass is 10.1. The fourth-order valence-corrected chi connectivity index (χ4v) is 4.25. The highest BCUT2D eigenvalue weighted by Crippen LogP contribution is 2.32. The molecule has 1 atom stereocenters. The molecule has 2 aromatic carbocycles. The summed E-state index contributed by atoms with van der Waals surface area (Å²) in [5.74, 6) is 2.18. The number of H-pyrrole nitrogens is 1. The molecule has 4 aromatic rings. The van der Waals surface area contributed by atoms with Gasteiger partial charge in [0.1, 0.15) is 11.5 Å². The van der Waals surface area contributed by atoms with Gasteiger partial charge in [-0.3, -0.25) is 9.69 Å². The van der Waals surface area contributed by atoms with E-state index in [1.807, 2.05) is 54.6 Å². The molecule has 1 fully saturated rings. The Morgan fingerprint density at radius 3 is 2.71 bits per heavy atom. The first-order valence-electron chi connectivity index (χ1n) is 10.3. The van der Waals surface area contributed by atoms with Gasteiger partial charge in [0.05, 0.1) is 25.0 Å². The van der Waals surface area contributed by atoms with Gasteiger partial charge in [-0.05, 0) is 31.5 Å². The van der Waals surface area contributed by atoms with Crippen LogP contribution in [0.4, 0.5) is 0 Å². The van der Waals surface area contributed by atoms with Gasteiger partial charge in [-0.25, -0.2) is 9.97 Å². The molecule has 1 N–H and O–H groups in total. The lowest BCUT2D eigenvalue weighted by Crippen LogP contribution is -2.30. The number of hydrogen-bond donors (Lipinski definition) is 1. The quantitative estimate of drug-likeness (QED) is 0.371. The third kappa shape index (κ3) is 4.24. The van der Waals surface area contributed by atoms with E-state index >= 15 is 0 Å². The van der Waals surface area contributed by atoms with Crippen LogP contribution in [0.1, 0.15) is 35.1 Å². The topological polar surface area (TPSA) is 75.0 Å². The normalized spacial score (nSPS) is 16.6. The first-order chi connectivity index (χ1) is 15.2. The highest BCUT2D eigenvalue weighted by atomic mass is 79.9. The van der Waals surface area contributed by atoms with Crippen LogP contribution in [-0.2, 0) is 0 Å². The largest absolute Gasteiger partial charge is 0.435 e. The number of nitrogens with zero attached hydrogens (tertiary/aromatic N) is 3. The molecule has 0 aliphatic carbocycles. The average molecular weight is 477 g/mol. The number of carbonyl (C=O) groups is 1. The van der Waals surface area contributed by atoms with Crippen molar-refractivity contribution in [1.82, 2.24) is 19.9 Å². The van der Waals surface area contributed by atoms with Crippen LogP contribution < -0.4 is 0 Å². The van der Waals surface area contributed by atoms with Gasteiger partial charge < -0.3 is 9.40 Å². The standard InChI is InChI=1S/C24H21BrN4O2/c25-18-10-8-17(9-11-18)22-14-27-24(31-22)19-13-26-23(28-19)20-7-4-12-29(20)15-21(30)16-5-2-1-3-6-16/h1-3,5-6,8-11,13-14,20H,4,7,12,15H2,(H,26,28)/t20-/m0/s1. The molecule has 0 spiro atoms. The van der Waals surface area contributed by atoms with Crippen molar-refractivity contribution >= 4 is 21.7 Å². The third-order valence-electron chi connectivity index (χ3n) is 5.58. The van der Waals surface area contributed by atoms with Crippen LogP contribution in [0.2, 0.25) is 0 Å². The van der Waals surface area contributed by atoms with Crippen molar-refractivity contribution in [3.8, 4) is 22.9 Å². The summed E-state index contributed by atoms with van der Waals surface area (Å²) in [6.07, 6.45) is 5.47. The van der Waals surface area contributed by atoms with Crippen LogP contribution in [-0.4, -0.2) is 38.7 Å². The Kier molecular flexibility index (Phi) is 5.53. The molecule has 5 rings (SSSR count). The SMILES string of the molecule is O=C(CN1CCC[C@H]1c1ncc(-c2ncc(-c3ccc(Br)cc3)o2)[nH]1)c1ccccc1. The number of carbonyl (C=O) groups excluding carboxylic acids is 1. The molecule has 0 unspecified atom stereocenters. The summed E-state index contributed by atoms with van der Waals surface area (Å²) in [6, 6.07) is 17.4. The van der Waals surface area contributed by atoms with E-state index in [1.54, 1.807) is 12.4 Å². The number of aromatic amines is 1. The fourth-order valence-electron chi connectivity index (χ4n) is 3.99. The third-order valence-corrected chi connectivity index (χ3v) is 6.11. The van der Waals surface area contributed by atoms with Gasteiger partial charge >= 0.3 is 0 Å². The number of imidazole rings is 1. The molecule has 2 aromatic heterocycles. The van der Waals surface area contributed by atoms with E-state index in [9.17, 15) is 4.79 Å². The molecule has 0 saturated carbocycles. The molecule has 1 aliphatic heterocycles. The number of aromatic nitrogens is 3. The molecule has 0 radical (unpaired) electrons. The Balaban J connectivity index is 1.32. The van der Waals surface area contributed by atoms with Gasteiger partial charge in [0.25, 0.3) is 0 Å². The lowest BCUT2D eigenvalue weighted by Gasteiger charge is -2.22. The van der Waals surface area contributed by atoms with E-state index in [0.29, 0.717) is 18.2 Å². The van der Waals surface area contributed by atoms with Crippen LogP contribution in [0, 0.1) is 0 Å². The van der Waals surface area contributed by atoms with Crippen molar-refractivity contribution in [2.75, 3.05) is 13.1 Å². The number of oxazole rings is 1. The van der Waals surface area contributed by atoms with E-state index < -0.39 is 0 Å². The molecule has 0 bridgehead atoms. The molecular weight excluding hydrogens is 456 g/mol. The highest BCUT2D eigenvalue weighted by molar-refractivity contribution is 9.10. The number of hydrogen-bond acceptors (Lipinski definition) is 5. The van der Waals surface area contributed by atoms with Gasteiger partial charge in [-0.15, -0.1) is 0 Å². The van der Waals surface area contributed by atoms with Gasteiger partial charge in [0, 0.05) is 15.6 Å². The molecule has 7 heteroatoms. The van der Waals surface area contributed by atoms with Crippen molar-refractivity contribution in [1.29, 1.82) is 0 Å². The molecule has 6 nitrogen and oxygen atoms in total. The molecular formula is C24H21BrN4O2. The van der Waals surface area contributed by atoms with Gasteiger partial charge in [-0.2, -0.15) is 0 Å². The summed E-state index contributed by atoms with van der Waals surface area (Å²) in [6.45, 7) is 1.27. The van der Waals surface area contributed by atoms with Crippen LogP contribution in [0.15, 0.2) is 75.9 Å². The van der Waals surface area contributed by atoms with Gasteiger partial charge in [-0.1, -0.05) is 58.4 Å². The lowest BCUT2D eigenvalue weighted by molar-refractivity contribution is 0.0919. The Hall–Kier alpha value is -3.03. The average Bonchev–Trinajstić information content (AvgIpc) is 3.55. The van der Waals surface area contributed by atoms with Crippen LogP contribution in [0.5, 0.6) is 0 Å². The Morgan fingerprint density at radius 1 is 1.10 bits per heavy atom. The first kappa shape index (κ1) is 19.9. The summed E-state index contributed by atoms with van der Waals surface area (Å²) in [7, 11) is 0. The number of benzene rings is 2. The second-order valence-electron chi connectivity index (χ2n) is 7.64. The predicted molar refractivity (Wildman–Crippen MR) is 122 cm³/mol. The molecule has 0 amide bonds. The zero-order valence-corrected chi connectivity index (χ0v) is 18.4. The molecule has 31 heavy (non-hydrogen) atoms. The second-order valence-corrected chi connectivity index (χ2v) is 8.55. The fraction of sp³-hybridized carbons (Fsp3) is 0.208. The minimum atomic E-state index is 0.0855. The second kappa shape index (κ2) is 8.61. The Bertz CT molecular complexity index is 1180. The van der Waals surface area contributed by atoms with Crippen molar-refractivity contribution in [2.45, 2.75) is 18.9 Å². The van der Waals surface area contributed by atoms with Crippen molar-refractivity contribution in [2.24, 2.45) is 0 Å². The molecule has 1 saturated heterocycles. The van der Waals surface area contributed by atoms with E-state index in [-0.39, 0.29) is 11.8 Å². The van der Waals surface area contributed by atoms with E-state index in [0.717, 1.165) is 46.5 Å². The Morgan fingerprint density at radius 2 is 1.90 bits per heavy atom. The van der Waals surface area contributed by atoms with Crippen LogP contribution >= 0.6 is 15.9 Å². The Labute approximate surface area is 188 Å². The van der Waals surface area contributed by atoms with E-state index in [4.69, 9.17) is 4.42 Å². The summed E-state index contributed by atoms with van der Waals surface area (Å²) < 4.78 is 6.97. The van der Waals surface area contributed by atoms with Crippen LogP contribution in [0.3, 0.4) is 0 Å². The number of Topliss-reactive ketones (excluding diaryl/α,β-unsaturated/α-hetero) is 1. The number of likely N-dealkylation sites (tertiary alicyclic amines) is 1. The number of halogens is 1. The van der Waals surface area contributed by atoms with E-state index in [2.05, 4.69) is 35.8 Å². The van der Waals surface area contributed by atoms with E-state index in [1.165, 1.54) is 0 Å². The van der Waals surface area contributed by atoms with Crippen LogP contribution in [0.25, 0.3) is 22.9 Å². The number of rotatable bonds is 6. The maximum atomic E-state index is 12.7. The first-order valence-corrected chi connectivity index (χ1v) is 11.1. The monoisotopic (exact) mass is 476 g/mol. The minimum absolute atomic E-state index is 0.0855. The molecule has 1 aliphatic rings. The summed E-state index contributed by atoms with van der Waals surface area (Å²) in [4.78, 5) is 27.2. The predicted octanol–water partition coefficient (Wildman–Crippen LogP) is 5.51. The van der Waals surface area contributed by atoms with Crippen molar-refractivity contribution < 1.29 is 9.21 Å². The van der Waals surface area contributed by atoms with Gasteiger partial charge in [0.15, 0.2) is 11.5 Å². The number of nitrogens with one attached hydrogen (secondary N) is 1.